The van der Waals surface area contributed by atoms with Crippen LogP contribution in [-0.4, -0.2) is 48.5 Å². The van der Waals surface area contributed by atoms with Crippen LogP contribution in [0.4, 0.5) is 4.39 Å². The van der Waals surface area contributed by atoms with Crippen LogP contribution in [0, 0.1) is 0 Å². The molecule has 1 aliphatic heterocycles. The summed E-state index contributed by atoms with van der Waals surface area (Å²) < 4.78 is 23.6. The third-order valence-electron chi connectivity index (χ3n) is 4.32. The summed E-state index contributed by atoms with van der Waals surface area (Å²) in [5, 5.41) is 9.84. The van der Waals surface area contributed by atoms with Gasteiger partial charge in [0.1, 0.15) is 11.9 Å². The Morgan fingerprint density at radius 1 is 1.46 bits per heavy atom. The van der Waals surface area contributed by atoms with Crippen molar-refractivity contribution in [1.82, 2.24) is 20.8 Å². The molecule has 0 aliphatic carbocycles. The van der Waals surface area contributed by atoms with Crippen LogP contribution in [0.25, 0.3) is 11.4 Å². The molecule has 1 aromatic carbocycles. The number of aromatic nitrogens is 2. The fourth-order valence-electron chi connectivity index (χ4n) is 2.95. The summed E-state index contributed by atoms with van der Waals surface area (Å²) in [7, 11) is 1.59. The summed E-state index contributed by atoms with van der Waals surface area (Å²) in [6, 6.07) is 7.47. The number of methoxy groups -OCH3 is 1. The number of nitrogens with zero attached hydrogens (tertiary/aromatic N) is 2. The number of nitrogens with one attached hydrogen (secondary N) is 2. The molecular formula is C18H23FN4O3. The maximum Gasteiger partial charge on any atom is 0.226 e. The number of alkyl halides is 1. The van der Waals surface area contributed by atoms with Gasteiger partial charge in [0.2, 0.25) is 17.6 Å². The topological polar surface area (TPSA) is 89.3 Å². The van der Waals surface area contributed by atoms with Gasteiger partial charge in [0, 0.05) is 32.0 Å². The maximum absolute atomic E-state index is 13.1. The Kier molecular flexibility index (Phi) is 6.17. The number of hydrogen-bond acceptors (Lipinski definition) is 6. The fraction of sp³-hybridized carbons (Fsp3) is 0.500. The normalized spacial score (nSPS) is 19.5. The van der Waals surface area contributed by atoms with Crippen LogP contribution in [0.5, 0.6) is 5.75 Å². The molecule has 2 N–H and O–H groups in total. The molecule has 1 amide bonds. The Bertz CT molecular complexity index is 737. The highest BCUT2D eigenvalue weighted by molar-refractivity contribution is 5.75. The minimum Gasteiger partial charge on any atom is -0.496 e. The Morgan fingerprint density at radius 2 is 2.31 bits per heavy atom. The molecule has 1 saturated heterocycles. The molecule has 0 saturated carbocycles. The average molecular weight is 362 g/mol. The number of benzene rings is 1. The van der Waals surface area contributed by atoms with E-state index in [0.29, 0.717) is 56.2 Å². The summed E-state index contributed by atoms with van der Waals surface area (Å²) in [5.41, 5.74) is 0.762. The Morgan fingerprint density at radius 3 is 3.08 bits per heavy atom. The third-order valence-corrected chi connectivity index (χ3v) is 4.32. The molecule has 0 spiro atoms. The van der Waals surface area contributed by atoms with E-state index in [-0.39, 0.29) is 11.9 Å². The molecule has 0 bridgehead atoms. The van der Waals surface area contributed by atoms with Crippen molar-refractivity contribution in [2.24, 2.45) is 0 Å². The van der Waals surface area contributed by atoms with Gasteiger partial charge in [-0.15, -0.1) is 0 Å². The first-order valence-corrected chi connectivity index (χ1v) is 8.76. The molecule has 1 aromatic heterocycles. The van der Waals surface area contributed by atoms with E-state index in [0.717, 1.165) is 5.56 Å². The van der Waals surface area contributed by atoms with E-state index in [9.17, 15) is 9.18 Å². The number of halogens is 1. The van der Waals surface area contributed by atoms with Crippen molar-refractivity contribution in [2.75, 3.05) is 20.2 Å². The van der Waals surface area contributed by atoms with Crippen molar-refractivity contribution in [3.05, 3.63) is 30.2 Å². The highest BCUT2D eigenvalue weighted by Crippen LogP contribution is 2.27. The Labute approximate surface area is 151 Å². The molecule has 2 heterocycles. The van der Waals surface area contributed by atoms with E-state index in [2.05, 4.69) is 20.8 Å². The van der Waals surface area contributed by atoms with E-state index in [1.807, 2.05) is 24.3 Å². The van der Waals surface area contributed by atoms with E-state index >= 15 is 0 Å². The van der Waals surface area contributed by atoms with Crippen LogP contribution >= 0.6 is 0 Å². The predicted octanol–water partition coefficient (Wildman–Crippen LogP) is 1.88. The van der Waals surface area contributed by atoms with E-state index in [4.69, 9.17) is 9.26 Å². The number of rotatable bonds is 8. The van der Waals surface area contributed by atoms with Gasteiger partial charge in [-0.1, -0.05) is 17.3 Å². The molecule has 1 aliphatic rings. The fourth-order valence-corrected chi connectivity index (χ4v) is 2.95. The summed E-state index contributed by atoms with van der Waals surface area (Å²) in [5.74, 6) is 1.57. The smallest absolute Gasteiger partial charge is 0.226 e. The van der Waals surface area contributed by atoms with Crippen molar-refractivity contribution >= 4 is 5.91 Å². The quantitative estimate of drug-likeness (QED) is 0.745. The Balaban J connectivity index is 1.43. The second-order valence-electron chi connectivity index (χ2n) is 6.31. The van der Waals surface area contributed by atoms with Crippen molar-refractivity contribution in [2.45, 2.75) is 37.9 Å². The summed E-state index contributed by atoms with van der Waals surface area (Å²) in [6.45, 7) is 0.823. The summed E-state index contributed by atoms with van der Waals surface area (Å²) in [4.78, 5) is 16.2. The van der Waals surface area contributed by atoms with E-state index < -0.39 is 6.17 Å². The molecule has 2 atom stereocenters. The van der Waals surface area contributed by atoms with E-state index in [1.165, 1.54) is 0 Å². The minimum absolute atomic E-state index is 0.0216. The SMILES string of the molecule is COc1ccccc1-c1noc(CCCC(=O)NC[C@@H]2C[C@H](F)CN2)n1. The molecule has 0 radical (unpaired) electrons. The van der Waals surface area contributed by atoms with Crippen molar-refractivity contribution in [1.29, 1.82) is 0 Å². The van der Waals surface area contributed by atoms with Crippen LogP contribution in [-0.2, 0) is 11.2 Å². The zero-order valence-corrected chi connectivity index (χ0v) is 14.7. The molecule has 140 valence electrons. The monoisotopic (exact) mass is 362 g/mol. The van der Waals surface area contributed by atoms with Gasteiger partial charge in [-0.05, 0) is 25.0 Å². The van der Waals surface area contributed by atoms with Gasteiger partial charge in [-0.3, -0.25) is 4.79 Å². The molecule has 3 rings (SSSR count). The second-order valence-corrected chi connectivity index (χ2v) is 6.31. The van der Waals surface area contributed by atoms with Crippen molar-refractivity contribution < 1.29 is 18.4 Å². The number of hydrogen-bond donors (Lipinski definition) is 2. The average Bonchev–Trinajstić information content (AvgIpc) is 3.29. The molecule has 2 aromatic rings. The standard InChI is InChI=1S/C18H23FN4O3/c1-25-15-6-3-2-5-14(15)18-22-17(26-23-18)8-4-7-16(24)21-11-13-9-12(19)10-20-13/h2-3,5-6,12-13,20H,4,7-11H2,1H3,(H,21,24)/t12-,13-/m0/s1. The van der Waals surface area contributed by atoms with Gasteiger partial charge in [0.15, 0.2) is 0 Å². The zero-order valence-electron chi connectivity index (χ0n) is 14.7. The first kappa shape index (κ1) is 18.3. The highest BCUT2D eigenvalue weighted by Gasteiger charge is 2.23. The van der Waals surface area contributed by atoms with Gasteiger partial charge < -0.3 is 19.9 Å². The lowest BCUT2D eigenvalue weighted by atomic mass is 10.2. The lowest BCUT2D eigenvalue weighted by molar-refractivity contribution is -0.121. The molecule has 8 heteroatoms. The highest BCUT2D eigenvalue weighted by atomic mass is 19.1. The zero-order chi connectivity index (χ0) is 18.4. The third kappa shape index (κ3) is 4.78. The van der Waals surface area contributed by atoms with Gasteiger partial charge in [0.05, 0.1) is 12.7 Å². The number of carbonyl (C=O) groups excluding carboxylic acids is 1. The lowest BCUT2D eigenvalue weighted by Gasteiger charge is -2.10. The van der Waals surface area contributed by atoms with Gasteiger partial charge in [-0.2, -0.15) is 4.98 Å². The van der Waals surface area contributed by atoms with Crippen molar-refractivity contribution in [3.63, 3.8) is 0 Å². The minimum atomic E-state index is -0.813. The molecule has 0 unspecified atom stereocenters. The largest absolute Gasteiger partial charge is 0.496 e. The second kappa shape index (κ2) is 8.75. The summed E-state index contributed by atoms with van der Waals surface area (Å²) >= 11 is 0. The first-order chi connectivity index (χ1) is 12.7. The molecular weight excluding hydrogens is 339 g/mol. The molecule has 26 heavy (non-hydrogen) atoms. The number of ether oxygens (including phenoxy) is 1. The van der Waals surface area contributed by atoms with Crippen LogP contribution < -0.4 is 15.4 Å². The maximum atomic E-state index is 13.1. The van der Waals surface area contributed by atoms with Crippen molar-refractivity contribution in [3.8, 4) is 17.1 Å². The Hall–Kier alpha value is -2.48. The lowest BCUT2D eigenvalue weighted by Crippen LogP contribution is -2.37. The summed E-state index contributed by atoms with van der Waals surface area (Å²) in [6.07, 6.45) is 1.12. The van der Waals surface area contributed by atoms with Crippen LogP contribution in [0.1, 0.15) is 25.2 Å². The van der Waals surface area contributed by atoms with Gasteiger partial charge >= 0.3 is 0 Å². The number of carbonyl (C=O) groups is 1. The number of para-hydroxylation sites is 1. The van der Waals surface area contributed by atoms with Gasteiger partial charge in [-0.25, -0.2) is 4.39 Å². The first-order valence-electron chi connectivity index (χ1n) is 8.76. The number of amides is 1. The number of aryl methyl sites for hydroxylation is 1. The molecule has 7 nitrogen and oxygen atoms in total. The van der Waals surface area contributed by atoms with Crippen LogP contribution in [0.2, 0.25) is 0 Å². The predicted molar refractivity (Wildman–Crippen MR) is 93.5 cm³/mol. The molecule has 1 fully saturated rings. The van der Waals surface area contributed by atoms with Gasteiger partial charge in [0.25, 0.3) is 0 Å². The van der Waals surface area contributed by atoms with E-state index in [1.54, 1.807) is 7.11 Å². The van der Waals surface area contributed by atoms with Crippen LogP contribution in [0.3, 0.4) is 0 Å². The van der Waals surface area contributed by atoms with Crippen LogP contribution in [0.15, 0.2) is 28.8 Å².